The Bertz CT molecular complexity index is 416. The van der Waals surface area contributed by atoms with Crippen LogP contribution in [-0.4, -0.2) is 14.8 Å². The van der Waals surface area contributed by atoms with E-state index in [0.717, 1.165) is 17.1 Å². The molecule has 2 rings (SSSR count). The summed E-state index contributed by atoms with van der Waals surface area (Å²) in [5, 5.41) is 7.39. The number of H-pyrrole nitrogens is 1. The molecule has 0 aromatic carbocycles. The quantitative estimate of drug-likeness (QED) is 0.799. The summed E-state index contributed by atoms with van der Waals surface area (Å²) in [6.07, 6.45) is 5.20. The van der Waals surface area contributed by atoms with Gasteiger partial charge in [-0.3, -0.25) is 5.10 Å². The van der Waals surface area contributed by atoms with E-state index in [0.29, 0.717) is 11.3 Å². The summed E-state index contributed by atoms with van der Waals surface area (Å²) in [7, 11) is 0. The van der Waals surface area contributed by atoms with Gasteiger partial charge in [-0.05, 0) is 37.4 Å². The Kier molecular flexibility index (Phi) is 3.19. The summed E-state index contributed by atoms with van der Waals surface area (Å²) in [4.78, 5) is 0. The fourth-order valence-electron chi connectivity index (χ4n) is 2.87. The Morgan fingerprint density at radius 2 is 2.25 bits per heavy atom. The molecule has 1 aliphatic carbocycles. The van der Waals surface area contributed by atoms with Crippen LogP contribution in [-0.2, 0) is 6.54 Å². The summed E-state index contributed by atoms with van der Waals surface area (Å²) in [5.41, 5.74) is 0.353. The van der Waals surface area contributed by atoms with E-state index >= 15 is 0 Å². The first-order valence-electron chi connectivity index (χ1n) is 6.21. The smallest absolute Gasteiger partial charge is 0.195 e. The molecule has 0 spiro atoms. The third kappa shape index (κ3) is 1.95. The predicted octanol–water partition coefficient (Wildman–Crippen LogP) is 3.64. The van der Waals surface area contributed by atoms with Crippen LogP contribution < -0.4 is 0 Å². The van der Waals surface area contributed by atoms with Gasteiger partial charge in [0, 0.05) is 12.5 Å². The second kappa shape index (κ2) is 4.32. The Balaban J connectivity index is 2.38. The van der Waals surface area contributed by atoms with Gasteiger partial charge in [0.15, 0.2) is 4.77 Å². The molecule has 0 bridgehead atoms. The van der Waals surface area contributed by atoms with Crippen molar-refractivity contribution in [2.45, 2.75) is 58.9 Å². The molecule has 1 heterocycles. The lowest BCUT2D eigenvalue weighted by Gasteiger charge is -2.37. The Morgan fingerprint density at radius 3 is 2.88 bits per heavy atom. The van der Waals surface area contributed by atoms with E-state index in [1.54, 1.807) is 0 Å². The summed E-state index contributed by atoms with van der Waals surface area (Å²) < 4.78 is 2.91. The van der Waals surface area contributed by atoms with Crippen LogP contribution in [0.4, 0.5) is 0 Å². The molecule has 4 heteroatoms. The molecule has 1 aromatic heterocycles. The van der Waals surface area contributed by atoms with Crippen LogP contribution >= 0.6 is 12.2 Å². The average Bonchev–Trinajstić information content (AvgIpc) is 2.58. The van der Waals surface area contributed by atoms with Crippen molar-refractivity contribution in [3.05, 3.63) is 10.6 Å². The zero-order chi connectivity index (χ0) is 11.8. The van der Waals surface area contributed by atoms with Crippen LogP contribution in [0, 0.1) is 10.2 Å². The van der Waals surface area contributed by atoms with Crippen LogP contribution in [0.25, 0.3) is 0 Å². The molecule has 1 aromatic rings. The zero-order valence-corrected chi connectivity index (χ0v) is 11.2. The van der Waals surface area contributed by atoms with Gasteiger partial charge in [-0.25, -0.2) is 0 Å². The first-order chi connectivity index (χ1) is 7.56. The lowest BCUT2D eigenvalue weighted by Crippen LogP contribution is -2.28. The molecule has 90 valence electrons. The lowest BCUT2D eigenvalue weighted by molar-refractivity contribution is 0.188. The number of hydrogen-bond acceptors (Lipinski definition) is 2. The van der Waals surface area contributed by atoms with Crippen molar-refractivity contribution < 1.29 is 0 Å². The second-order valence-corrected chi connectivity index (χ2v) is 5.80. The van der Waals surface area contributed by atoms with Crippen molar-refractivity contribution in [1.82, 2.24) is 14.8 Å². The van der Waals surface area contributed by atoms with Gasteiger partial charge in [0.1, 0.15) is 5.82 Å². The standard InChI is InChI=1S/C12H21N3S/c1-4-15-10(13-14-11(15)16)9-7-5-6-8-12(9,2)3/h9H,4-8H2,1-3H3,(H,14,16). The highest BCUT2D eigenvalue weighted by atomic mass is 32.1. The van der Waals surface area contributed by atoms with E-state index in [-0.39, 0.29) is 0 Å². The van der Waals surface area contributed by atoms with Gasteiger partial charge in [0.05, 0.1) is 0 Å². The normalized spacial score (nSPS) is 24.6. The molecule has 1 unspecified atom stereocenters. The van der Waals surface area contributed by atoms with Crippen LogP contribution in [0.5, 0.6) is 0 Å². The van der Waals surface area contributed by atoms with Crippen molar-refractivity contribution >= 4 is 12.2 Å². The summed E-state index contributed by atoms with van der Waals surface area (Å²) in [6.45, 7) is 7.75. The highest BCUT2D eigenvalue weighted by Gasteiger charge is 2.36. The SMILES string of the molecule is CCn1c(C2CCCCC2(C)C)n[nH]c1=S. The molecule has 1 atom stereocenters. The van der Waals surface area contributed by atoms with E-state index in [1.807, 2.05) is 0 Å². The maximum atomic E-state index is 5.26. The zero-order valence-electron chi connectivity index (χ0n) is 10.4. The molecular weight excluding hydrogens is 218 g/mol. The third-order valence-electron chi connectivity index (χ3n) is 3.92. The molecule has 0 amide bonds. The minimum atomic E-state index is 0.353. The van der Waals surface area contributed by atoms with Crippen molar-refractivity contribution in [2.75, 3.05) is 0 Å². The number of nitrogens with zero attached hydrogens (tertiary/aromatic N) is 2. The Hall–Kier alpha value is -0.640. The molecular formula is C12H21N3S. The monoisotopic (exact) mass is 239 g/mol. The largest absolute Gasteiger partial charge is 0.304 e. The van der Waals surface area contributed by atoms with Gasteiger partial charge in [-0.1, -0.05) is 26.7 Å². The van der Waals surface area contributed by atoms with Crippen LogP contribution in [0.3, 0.4) is 0 Å². The van der Waals surface area contributed by atoms with E-state index < -0.39 is 0 Å². The number of hydrogen-bond donors (Lipinski definition) is 1. The van der Waals surface area contributed by atoms with Crippen LogP contribution in [0.2, 0.25) is 0 Å². The summed E-state index contributed by atoms with van der Waals surface area (Å²) in [5.74, 6) is 1.71. The van der Waals surface area contributed by atoms with Gasteiger partial charge < -0.3 is 4.57 Å². The van der Waals surface area contributed by atoms with Crippen molar-refractivity contribution in [3.63, 3.8) is 0 Å². The van der Waals surface area contributed by atoms with Gasteiger partial charge in [-0.2, -0.15) is 5.10 Å². The topological polar surface area (TPSA) is 33.6 Å². The average molecular weight is 239 g/mol. The minimum Gasteiger partial charge on any atom is -0.304 e. The van der Waals surface area contributed by atoms with Gasteiger partial charge >= 0.3 is 0 Å². The van der Waals surface area contributed by atoms with Gasteiger partial charge in [-0.15, -0.1) is 0 Å². The fraction of sp³-hybridized carbons (Fsp3) is 0.833. The molecule has 3 nitrogen and oxygen atoms in total. The highest BCUT2D eigenvalue weighted by molar-refractivity contribution is 7.71. The number of nitrogens with one attached hydrogen (secondary N) is 1. The first-order valence-corrected chi connectivity index (χ1v) is 6.62. The summed E-state index contributed by atoms with van der Waals surface area (Å²) >= 11 is 5.26. The van der Waals surface area contributed by atoms with Crippen molar-refractivity contribution in [3.8, 4) is 0 Å². The minimum absolute atomic E-state index is 0.353. The molecule has 1 N–H and O–H groups in total. The van der Waals surface area contributed by atoms with Crippen molar-refractivity contribution in [2.24, 2.45) is 5.41 Å². The fourth-order valence-corrected chi connectivity index (χ4v) is 3.14. The van der Waals surface area contributed by atoms with E-state index in [1.165, 1.54) is 25.7 Å². The van der Waals surface area contributed by atoms with E-state index in [2.05, 4.69) is 35.5 Å². The molecule has 0 radical (unpaired) electrons. The lowest BCUT2D eigenvalue weighted by atomic mass is 9.68. The maximum absolute atomic E-state index is 5.26. The van der Waals surface area contributed by atoms with Gasteiger partial charge in [0.25, 0.3) is 0 Å². The van der Waals surface area contributed by atoms with Crippen LogP contribution in [0.1, 0.15) is 58.2 Å². The molecule has 0 aliphatic heterocycles. The number of aromatic amines is 1. The van der Waals surface area contributed by atoms with E-state index in [9.17, 15) is 0 Å². The van der Waals surface area contributed by atoms with E-state index in [4.69, 9.17) is 12.2 Å². The van der Waals surface area contributed by atoms with Crippen LogP contribution in [0.15, 0.2) is 0 Å². The molecule has 1 saturated carbocycles. The molecule has 1 aliphatic rings. The highest BCUT2D eigenvalue weighted by Crippen LogP contribution is 2.45. The Morgan fingerprint density at radius 1 is 1.50 bits per heavy atom. The number of rotatable bonds is 2. The number of aromatic nitrogens is 3. The second-order valence-electron chi connectivity index (χ2n) is 5.42. The third-order valence-corrected chi connectivity index (χ3v) is 4.23. The maximum Gasteiger partial charge on any atom is 0.195 e. The van der Waals surface area contributed by atoms with Gasteiger partial charge in [0.2, 0.25) is 0 Å². The molecule has 0 saturated heterocycles. The molecule has 1 fully saturated rings. The predicted molar refractivity (Wildman–Crippen MR) is 68.1 cm³/mol. The summed E-state index contributed by atoms with van der Waals surface area (Å²) in [6, 6.07) is 0. The Labute approximate surface area is 102 Å². The first kappa shape index (κ1) is 11.8. The molecule has 16 heavy (non-hydrogen) atoms. The van der Waals surface area contributed by atoms with Crippen molar-refractivity contribution in [1.29, 1.82) is 0 Å².